The molecule has 2 N–H and O–H groups in total. The Morgan fingerprint density at radius 1 is 1.23 bits per heavy atom. The van der Waals surface area contributed by atoms with Crippen LogP contribution in [-0.4, -0.2) is 48.6 Å². The smallest absolute Gasteiger partial charge is 0.352 e. The molecule has 7 nitrogen and oxygen atoms in total. The number of carbonyl (C=O) groups is 1. The van der Waals surface area contributed by atoms with Crippen molar-refractivity contribution >= 4 is 16.0 Å². The van der Waals surface area contributed by atoms with E-state index in [2.05, 4.69) is 9.62 Å². The lowest BCUT2D eigenvalue weighted by molar-refractivity contribution is 0.0686. The Morgan fingerprint density at radius 3 is 2.46 bits per heavy atom. The van der Waals surface area contributed by atoms with Crippen molar-refractivity contribution in [1.82, 2.24) is 14.2 Å². The van der Waals surface area contributed by atoms with Gasteiger partial charge in [0, 0.05) is 25.8 Å². The van der Waals surface area contributed by atoms with Gasteiger partial charge in [-0.05, 0) is 37.6 Å². The summed E-state index contributed by atoms with van der Waals surface area (Å²) in [5, 5.41) is 9.11. The number of hydrogen-bond donors (Lipinski definition) is 2. The fourth-order valence-corrected chi connectivity index (χ4v) is 4.46. The van der Waals surface area contributed by atoms with Gasteiger partial charge in [0.15, 0.2) is 0 Å². The van der Waals surface area contributed by atoms with E-state index in [0.717, 1.165) is 31.5 Å². The molecule has 1 atom stereocenters. The molecule has 1 aromatic carbocycles. The Kier molecular flexibility index (Phi) is 5.45. The van der Waals surface area contributed by atoms with Gasteiger partial charge in [-0.2, -0.15) is 0 Å². The van der Waals surface area contributed by atoms with E-state index >= 15 is 0 Å². The maximum absolute atomic E-state index is 12.6. The average Bonchev–Trinajstić information content (AvgIpc) is 3.26. The Labute approximate surface area is 153 Å². The molecule has 1 aliphatic rings. The highest BCUT2D eigenvalue weighted by atomic mass is 32.2. The fourth-order valence-electron chi connectivity index (χ4n) is 3.35. The zero-order chi connectivity index (χ0) is 18.7. The van der Waals surface area contributed by atoms with Gasteiger partial charge in [0.25, 0.3) is 0 Å². The Hall–Kier alpha value is -2.16. The summed E-state index contributed by atoms with van der Waals surface area (Å²) in [6.45, 7) is 2.12. The maximum atomic E-state index is 12.6. The first kappa shape index (κ1) is 18.6. The van der Waals surface area contributed by atoms with Crippen molar-refractivity contribution in [2.24, 2.45) is 7.05 Å². The van der Waals surface area contributed by atoms with Crippen LogP contribution in [0.25, 0.3) is 0 Å². The first-order chi connectivity index (χ1) is 12.4. The lowest BCUT2D eigenvalue weighted by Gasteiger charge is -2.28. The Balaban J connectivity index is 1.79. The van der Waals surface area contributed by atoms with Crippen molar-refractivity contribution in [3.8, 4) is 0 Å². The van der Waals surface area contributed by atoms with E-state index in [-0.39, 0.29) is 23.2 Å². The molecule has 0 spiro atoms. The summed E-state index contributed by atoms with van der Waals surface area (Å²) in [6, 6.07) is 11.0. The summed E-state index contributed by atoms with van der Waals surface area (Å²) in [7, 11) is -2.28. The molecule has 8 heteroatoms. The minimum Gasteiger partial charge on any atom is -0.477 e. The molecule has 1 aromatic heterocycles. The van der Waals surface area contributed by atoms with Gasteiger partial charge in [0.1, 0.15) is 10.6 Å². The van der Waals surface area contributed by atoms with Crippen LogP contribution in [0, 0.1) is 0 Å². The summed E-state index contributed by atoms with van der Waals surface area (Å²) in [4.78, 5) is 13.4. The van der Waals surface area contributed by atoms with Crippen LogP contribution >= 0.6 is 0 Å². The summed E-state index contributed by atoms with van der Waals surface area (Å²) < 4.78 is 29.2. The highest BCUT2D eigenvalue weighted by molar-refractivity contribution is 7.89. The van der Waals surface area contributed by atoms with E-state index in [4.69, 9.17) is 5.11 Å². The number of aromatic carboxylic acids is 1. The molecular weight excluding hydrogens is 354 g/mol. The van der Waals surface area contributed by atoms with E-state index in [1.54, 1.807) is 0 Å². The van der Waals surface area contributed by atoms with Crippen LogP contribution in [-0.2, 0) is 17.1 Å². The molecule has 26 heavy (non-hydrogen) atoms. The molecule has 0 radical (unpaired) electrons. The molecule has 1 fully saturated rings. The molecule has 0 aliphatic carbocycles. The maximum Gasteiger partial charge on any atom is 0.352 e. The van der Waals surface area contributed by atoms with Crippen molar-refractivity contribution in [3.05, 3.63) is 53.9 Å². The molecular formula is C18H23N3O4S. The third kappa shape index (κ3) is 3.98. The van der Waals surface area contributed by atoms with Gasteiger partial charge in [-0.15, -0.1) is 0 Å². The number of aromatic nitrogens is 1. The van der Waals surface area contributed by atoms with E-state index in [1.807, 2.05) is 30.3 Å². The normalized spacial score (nSPS) is 16.7. The average molecular weight is 377 g/mol. The lowest BCUT2D eigenvalue weighted by Crippen LogP contribution is -2.36. The monoisotopic (exact) mass is 377 g/mol. The van der Waals surface area contributed by atoms with Crippen molar-refractivity contribution in [1.29, 1.82) is 0 Å². The number of benzene rings is 1. The van der Waals surface area contributed by atoms with Gasteiger partial charge in [0.05, 0.1) is 0 Å². The third-order valence-corrected chi connectivity index (χ3v) is 6.13. The van der Waals surface area contributed by atoms with Gasteiger partial charge >= 0.3 is 5.97 Å². The van der Waals surface area contributed by atoms with Gasteiger partial charge in [-0.25, -0.2) is 17.9 Å². The minimum absolute atomic E-state index is 0.0365. The first-order valence-corrected chi connectivity index (χ1v) is 10.0. The second-order valence-electron chi connectivity index (χ2n) is 6.50. The van der Waals surface area contributed by atoms with Crippen LogP contribution in [0.15, 0.2) is 47.5 Å². The fraction of sp³-hybridized carbons (Fsp3) is 0.389. The summed E-state index contributed by atoms with van der Waals surface area (Å²) in [6.07, 6.45) is 3.53. The van der Waals surface area contributed by atoms with Gasteiger partial charge in [-0.1, -0.05) is 30.3 Å². The minimum atomic E-state index is -3.79. The zero-order valence-corrected chi connectivity index (χ0v) is 15.4. The predicted molar refractivity (Wildman–Crippen MR) is 97.6 cm³/mol. The van der Waals surface area contributed by atoms with E-state index in [0.29, 0.717) is 0 Å². The standard InChI is InChI=1S/C18H23N3O4S/c1-20-13-15(11-16(20)18(22)23)26(24,25)19-12-17(21-9-5-6-10-21)14-7-3-2-4-8-14/h2-4,7-8,11,13,17,19H,5-6,9-10,12H2,1H3,(H,22,23). The molecule has 1 unspecified atom stereocenters. The highest BCUT2D eigenvalue weighted by Crippen LogP contribution is 2.25. The number of nitrogens with one attached hydrogen (secondary N) is 1. The largest absolute Gasteiger partial charge is 0.477 e. The van der Waals surface area contributed by atoms with Gasteiger partial charge in [0.2, 0.25) is 10.0 Å². The van der Waals surface area contributed by atoms with Crippen LogP contribution in [0.5, 0.6) is 0 Å². The van der Waals surface area contributed by atoms with Crippen molar-refractivity contribution < 1.29 is 18.3 Å². The Bertz CT molecular complexity index is 871. The number of carboxylic acids is 1. The number of aryl methyl sites for hydroxylation is 1. The summed E-state index contributed by atoms with van der Waals surface area (Å²) in [5.41, 5.74) is 1.00. The Morgan fingerprint density at radius 2 is 1.88 bits per heavy atom. The van der Waals surface area contributed by atoms with E-state index < -0.39 is 16.0 Å². The van der Waals surface area contributed by atoms with Crippen LogP contribution in [0.1, 0.15) is 34.9 Å². The number of hydrogen-bond acceptors (Lipinski definition) is 4. The summed E-state index contributed by atoms with van der Waals surface area (Å²) >= 11 is 0. The predicted octanol–water partition coefficient (Wildman–Crippen LogP) is 1.84. The number of rotatable bonds is 7. The van der Waals surface area contributed by atoms with Crippen LogP contribution in [0.3, 0.4) is 0 Å². The van der Waals surface area contributed by atoms with Crippen molar-refractivity contribution in [2.75, 3.05) is 19.6 Å². The molecule has 3 rings (SSSR count). The molecule has 2 aromatic rings. The van der Waals surface area contributed by atoms with Crippen LogP contribution < -0.4 is 4.72 Å². The quantitative estimate of drug-likeness (QED) is 0.768. The summed E-state index contributed by atoms with van der Waals surface area (Å²) in [5.74, 6) is -1.16. The molecule has 0 saturated carbocycles. The van der Waals surface area contributed by atoms with E-state index in [1.165, 1.54) is 23.9 Å². The topological polar surface area (TPSA) is 91.6 Å². The molecule has 140 valence electrons. The number of nitrogens with zero attached hydrogens (tertiary/aromatic N) is 2. The number of carboxylic acid groups (broad SMARTS) is 1. The zero-order valence-electron chi connectivity index (χ0n) is 14.6. The molecule has 0 bridgehead atoms. The second-order valence-corrected chi connectivity index (χ2v) is 8.27. The van der Waals surface area contributed by atoms with Crippen molar-refractivity contribution in [2.45, 2.75) is 23.8 Å². The molecule has 1 aliphatic heterocycles. The second kappa shape index (κ2) is 7.61. The molecule has 1 saturated heterocycles. The molecule has 2 heterocycles. The first-order valence-electron chi connectivity index (χ1n) is 8.57. The number of sulfonamides is 1. The van der Waals surface area contributed by atoms with Gasteiger partial charge < -0.3 is 9.67 Å². The molecule has 0 amide bonds. The third-order valence-electron chi connectivity index (χ3n) is 4.74. The SMILES string of the molecule is Cn1cc(S(=O)(=O)NCC(c2ccccc2)N2CCCC2)cc1C(=O)O. The lowest BCUT2D eigenvalue weighted by atomic mass is 10.1. The highest BCUT2D eigenvalue weighted by Gasteiger charge is 2.26. The van der Waals surface area contributed by atoms with Crippen LogP contribution in [0.2, 0.25) is 0 Å². The van der Waals surface area contributed by atoms with Gasteiger partial charge in [-0.3, -0.25) is 4.90 Å². The van der Waals surface area contributed by atoms with Crippen LogP contribution in [0.4, 0.5) is 0 Å². The number of likely N-dealkylation sites (tertiary alicyclic amines) is 1. The van der Waals surface area contributed by atoms with Crippen molar-refractivity contribution in [3.63, 3.8) is 0 Å². The van der Waals surface area contributed by atoms with E-state index in [9.17, 15) is 13.2 Å².